The fourth-order valence-electron chi connectivity index (χ4n) is 1.56. The van der Waals surface area contributed by atoms with Crippen LogP contribution in [0.4, 0.5) is 0 Å². The van der Waals surface area contributed by atoms with Crippen LogP contribution in [0.15, 0.2) is 0 Å². The molecule has 0 aromatic heterocycles. The lowest BCUT2D eigenvalue weighted by molar-refractivity contribution is -0.141. The molecular weight excluding hydrogens is 256 g/mol. The van der Waals surface area contributed by atoms with Crippen molar-refractivity contribution in [2.24, 2.45) is 0 Å². The lowest BCUT2D eigenvalue weighted by Crippen LogP contribution is -2.42. The molecule has 8 nitrogen and oxygen atoms in total. The van der Waals surface area contributed by atoms with Gasteiger partial charge in [-0.1, -0.05) is 0 Å². The maximum Gasteiger partial charge on any atom is 0.317 e. The van der Waals surface area contributed by atoms with Crippen molar-refractivity contribution < 1.29 is 29.7 Å². The molecule has 0 radical (unpaired) electrons. The average molecular weight is 276 g/mol. The summed E-state index contributed by atoms with van der Waals surface area (Å²) in [5.41, 5.74) is 0. The number of hydrogen-bond acceptors (Lipinski definition) is 5. The Kier molecular flexibility index (Phi) is 8.47. The Morgan fingerprint density at radius 3 is 2.11 bits per heavy atom. The van der Waals surface area contributed by atoms with Crippen LogP contribution in [0.2, 0.25) is 0 Å². The summed E-state index contributed by atoms with van der Waals surface area (Å²) >= 11 is 0. The molecule has 1 atom stereocenters. The molecule has 0 amide bonds. The van der Waals surface area contributed by atoms with E-state index in [0.29, 0.717) is 6.54 Å². The van der Waals surface area contributed by atoms with Crippen LogP contribution in [-0.2, 0) is 14.4 Å². The van der Waals surface area contributed by atoms with Crippen molar-refractivity contribution in [3.05, 3.63) is 0 Å². The molecule has 110 valence electrons. The first-order chi connectivity index (χ1) is 8.81. The second kappa shape index (κ2) is 9.29. The van der Waals surface area contributed by atoms with Crippen molar-refractivity contribution in [2.45, 2.75) is 25.8 Å². The lowest BCUT2D eigenvalue weighted by Gasteiger charge is -2.24. The number of nitrogens with one attached hydrogen (secondary N) is 1. The van der Waals surface area contributed by atoms with E-state index in [0.717, 1.165) is 0 Å². The summed E-state index contributed by atoms with van der Waals surface area (Å²) in [6, 6.07) is -0.118. The van der Waals surface area contributed by atoms with Crippen LogP contribution in [0.25, 0.3) is 0 Å². The van der Waals surface area contributed by atoms with E-state index in [1.54, 1.807) is 6.92 Å². The maximum absolute atomic E-state index is 10.7. The molecule has 19 heavy (non-hydrogen) atoms. The molecule has 0 aliphatic rings. The highest BCUT2D eigenvalue weighted by Gasteiger charge is 2.14. The van der Waals surface area contributed by atoms with E-state index in [1.807, 2.05) is 0 Å². The molecule has 0 saturated carbocycles. The second-order valence-electron chi connectivity index (χ2n) is 4.27. The number of carboxylic acids is 3. The van der Waals surface area contributed by atoms with E-state index in [-0.39, 0.29) is 38.5 Å². The van der Waals surface area contributed by atoms with Gasteiger partial charge in [0.1, 0.15) is 0 Å². The first-order valence-electron chi connectivity index (χ1n) is 5.92. The molecule has 1 unspecified atom stereocenters. The third-order valence-electron chi connectivity index (χ3n) is 2.36. The van der Waals surface area contributed by atoms with E-state index in [9.17, 15) is 14.4 Å². The summed E-state index contributed by atoms with van der Waals surface area (Å²) in [6.45, 7) is 2.33. The number of carbonyl (C=O) groups is 3. The highest BCUT2D eigenvalue weighted by molar-refractivity contribution is 5.69. The fraction of sp³-hybridized carbons (Fsp3) is 0.727. The summed E-state index contributed by atoms with van der Waals surface area (Å²) in [5.74, 6) is -2.92. The van der Waals surface area contributed by atoms with Gasteiger partial charge in [-0.05, 0) is 6.92 Å². The van der Waals surface area contributed by atoms with E-state index < -0.39 is 17.9 Å². The minimum Gasteiger partial charge on any atom is -0.481 e. The van der Waals surface area contributed by atoms with Crippen LogP contribution in [0.1, 0.15) is 19.8 Å². The predicted octanol–water partition coefficient (Wildman–Crippen LogP) is -0.699. The molecule has 0 aromatic rings. The van der Waals surface area contributed by atoms with Gasteiger partial charge in [-0.3, -0.25) is 19.3 Å². The minimum atomic E-state index is -1.02. The summed E-state index contributed by atoms with van der Waals surface area (Å²) in [7, 11) is 0. The van der Waals surface area contributed by atoms with Gasteiger partial charge in [0.25, 0.3) is 0 Å². The van der Waals surface area contributed by atoms with Gasteiger partial charge < -0.3 is 20.6 Å². The number of aliphatic carboxylic acids is 3. The predicted molar refractivity (Wildman–Crippen MR) is 66.0 cm³/mol. The van der Waals surface area contributed by atoms with Crippen molar-refractivity contribution in [2.75, 3.05) is 26.2 Å². The van der Waals surface area contributed by atoms with Gasteiger partial charge in [-0.15, -0.1) is 0 Å². The number of nitrogens with zero attached hydrogens (tertiary/aromatic N) is 1. The summed E-state index contributed by atoms with van der Waals surface area (Å²) in [4.78, 5) is 33.0. The Morgan fingerprint density at radius 2 is 1.63 bits per heavy atom. The quantitative estimate of drug-likeness (QED) is 0.390. The summed E-state index contributed by atoms with van der Waals surface area (Å²) in [6.07, 6.45) is -0.145. The van der Waals surface area contributed by atoms with E-state index >= 15 is 0 Å². The van der Waals surface area contributed by atoms with E-state index in [2.05, 4.69) is 5.32 Å². The van der Waals surface area contributed by atoms with Crippen LogP contribution in [-0.4, -0.2) is 70.3 Å². The molecular formula is C11H20N2O6. The lowest BCUT2D eigenvalue weighted by atomic mass is 10.2. The van der Waals surface area contributed by atoms with Crippen LogP contribution < -0.4 is 5.32 Å². The smallest absolute Gasteiger partial charge is 0.317 e. The molecule has 0 bridgehead atoms. The van der Waals surface area contributed by atoms with Gasteiger partial charge in [0, 0.05) is 25.7 Å². The third kappa shape index (κ3) is 11.2. The van der Waals surface area contributed by atoms with Gasteiger partial charge in [-0.2, -0.15) is 0 Å². The minimum absolute atomic E-state index is 0.0155. The highest BCUT2D eigenvalue weighted by atomic mass is 16.4. The zero-order chi connectivity index (χ0) is 14.8. The van der Waals surface area contributed by atoms with Gasteiger partial charge in [0.15, 0.2) is 0 Å². The molecule has 0 aliphatic carbocycles. The van der Waals surface area contributed by atoms with Crippen LogP contribution in [0.3, 0.4) is 0 Å². The Morgan fingerprint density at radius 1 is 1.05 bits per heavy atom. The zero-order valence-electron chi connectivity index (χ0n) is 10.8. The first kappa shape index (κ1) is 17.3. The Hall–Kier alpha value is -1.67. The normalized spacial score (nSPS) is 12.3. The number of rotatable bonds is 11. The number of hydrogen-bond donors (Lipinski definition) is 4. The van der Waals surface area contributed by atoms with Crippen LogP contribution >= 0.6 is 0 Å². The Labute approximate surface area is 111 Å². The van der Waals surface area contributed by atoms with Crippen molar-refractivity contribution in [3.8, 4) is 0 Å². The molecule has 0 rings (SSSR count). The van der Waals surface area contributed by atoms with Crippen molar-refractivity contribution in [1.29, 1.82) is 0 Å². The summed E-state index contributed by atoms with van der Waals surface area (Å²) < 4.78 is 0. The molecule has 0 fully saturated rings. The largest absolute Gasteiger partial charge is 0.481 e. The molecule has 0 saturated heterocycles. The van der Waals surface area contributed by atoms with Gasteiger partial charge in [0.05, 0.1) is 19.4 Å². The highest BCUT2D eigenvalue weighted by Crippen LogP contribution is 1.96. The molecule has 0 aromatic carbocycles. The van der Waals surface area contributed by atoms with Crippen molar-refractivity contribution >= 4 is 17.9 Å². The van der Waals surface area contributed by atoms with E-state index in [1.165, 1.54) is 4.90 Å². The van der Waals surface area contributed by atoms with Crippen LogP contribution in [0.5, 0.6) is 0 Å². The van der Waals surface area contributed by atoms with Crippen molar-refractivity contribution in [3.63, 3.8) is 0 Å². The molecule has 4 N–H and O–H groups in total. The standard InChI is InChI=1S/C11H20N2O6/c1-8(12-4-2-9(14)15)6-13(7-11(18)19)5-3-10(16)17/h8,12H,2-7H2,1H3,(H,14,15)(H,16,17)(H,18,19). The third-order valence-corrected chi connectivity index (χ3v) is 2.36. The Balaban J connectivity index is 4.09. The van der Waals surface area contributed by atoms with Crippen molar-refractivity contribution in [1.82, 2.24) is 10.2 Å². The molecule has 0 spiro atoms. The SMILES string of the molecule is CC(CN(CCC(=O)O)CC(=O)O)NCCC(=O)O. The fourth-order valence-corrected chi connectivity index (χ4v) is 1.56. The van der Waals surface area contributed by atoms with E-state index in [4.69, 9.17) is 15.3 Å². The topological polar surface area (TPSA) is 127 Å². The number of carboxylic acid groups (broad SMARTS) is 3. The first-order valence-corrected chi connectivity index (χ1v) is 5.92. The van der Waals surface area contributed by atoms with Gasteiger partial charge in [0.2, 0.25) is 0 Å². The second-order valence-corrected chi connectivity index (χ2v) is 4.27. The zero-order valence-corrected chi connectivity index (χ0v) is 10.8. The monoisotopic (exact) mass is 276 g/mol. The van der Waals surface area contributed by atoms with Crippen LogP contribution in [0, 0.1) is 0 Å². The Bertz CT molecular complexity index is 320. The molecule has 0 aliphatic heterocycles. The molecule has 0 heterocycles. The van der Waals surface area contributed by atoms with Gasteiger partial charge in [-0.25, -0.2) is 0 Å². The maximum atomic E-state index is 10.7. The average Bonchev–Trinajstić information content (AvgIpc) is 2.24. The van der Waals surface area contributed by atoms with Gasteiger partial charge >= 0.3 is 17.9 Å². The molecule has 8 heteroatoms. The summed E-state index contributed by atoms with van der Waals surface area (Å²) in [5, 5.41) is 28.7.